The zero-order valence-corrected chi connectivity index (χ0v) is 14.6. The number of nitrogens with one attached hydrogen (secondary N) is 1. The molecule has 1 N–H and O–H groups in total. The maximum Gasteiger partial charge on any atom is 0.344 e. The highest BCUT2D eigenvalue weighted by Crippen LogP contribution is 2.29. The fourth-order valence-corrected chi connectivity index (χ4v) is 2.27. The van der Waals surface area contributed by atoms with E-state index in [2.05, 4.69) is 11.9 Å². The Morgan fingerprint density at radius 2 is 2.08 bits per heavy atom. The number of ether oxygens (including phenoxy) is 3. The molecule has 8 heteroatoms. The summed E-state index contributed by atoms with van der Waals surface area (Å²) in [6.07, 6.45) is 3.00. The van der Waals surface area contributed by atoms with Crippen LogP contribution >= 0.6 is 0 Å². The van der Waals surface area contributed by atoms with Gasteiger partial charge in [0.25, 0.3) is 5.91 Å². The van der Waals surface area contributed by atoms with E-state index < -0.39 is 17.9 Å². The van der Waals surface area contributed by atoms with Crippen molar-refractivity contribution in [2.24, 2.45) is 0 Å². The SMILES string of the molecule is C=CCN1C(=O)N/C(=C/c2ccc(OCC(=O)OCC)c(OC)c2)C1=O. The van der Waals surface area contributed by atoms with Crippen molar-refractivity contribution in [3.05, 3.63) is 42.1 Å². The topological polar surface area (TPSA) is 94.2 Å². The van der Waals surface area contributed by atoms with Gasteiger partial charge in [-0.15, -0.1) is 6.58 Å². The lowest BCUT2D eigenvalue weighted by Gasteiger charge is -2.11. The molecule has 0 unspecified atom stereocenters. The van der Waals surface area contributed by atoms with Gasteiger partial charge in [0.05, 0.1) is 13.7 Å². The lowest BCUT2D eigenvalue weighted by Crippen LogP contribution is -2.30. The molecule has 1 aliphatic heterocycles. The number of urea groups is 1. The van der Waals surface area contributed by atoms with E-state index in [0.29, 0.717) is 17.1 Å². The highest BCUT2D eigenvalue weighted by Gasteiger charge is 2.32. The molecule has 0 aliphatic carbocycles. The number of carbonyl (C=O) groups excluding carboxylic acids is 3. The van der Waals surface area contributed by atoms with E-state index in [1.165, 1.54) is 19.3 Å². The molecule has 1 fully saturated rings. The number of benzene rings is 1. The molecule has 0 radical (unpaired) electrons. The highest BCUT2D eigenvalue weighted by molar-refractivity contribution is 6.14. The van der Waals surface area contributed by atoms with Gasteiger partial charge in [-0.3, -0.25) is 9.69 Å². The summed E-state index contributed by atoms with van der Waals surface area (Å²) >= 11 is 0. The number of hydrogen-bond donors (Lipinski definition) is 1. The molecule has 1 heterocycles. The molecule has 1 aliphatic rings. The Balaban J connectivity index is 2.16. The highest BCUT2D eigenvalue weighted by atomic mass is 16.6. The van der Waals surface area contributed by atoms with Crippen LogP contribution in [0.4, 0.5) is 4.79 Å². The Bertz CT molecular complexity index is 756. The Morgan fingerprint density at radius 1 is 1.31 bits per heavy atom. The van der Waals surface area contributed by atoms with Crippen molar-refractivity contribution in [2.45, 2.75) is 6.92 Å². The van der Waals surface area contributed by atoms with E-state index in [1.54, 1.807) is 25.1 Å². The maximum atomic E-state index is 12.2. The zero-order chi connectivity index (χ0) is 19.1. The predicted molar refractivity (Wildman–Crippen MR) is 93.5 cm³/mol. The van der Waals surface area contributed by atoms with Gasteiger partial charge in [0.15, 0.2) is 18.1 Å². The molecule has 0 spiro atoms. The molecular weight excluding hydrogens is 340 g/mol. The molecule has 0 bridgehead atoms. The molecule has 1 aromatic carbocycles. The summed E-state index contributed by atoms with van der Waals surface area (Å²) in [4.78, 5) is 36.4. The van der Waals surface area contributed by atoms with Crippen LogP contribution in [-0.2, 0) is 14.3 Å². The van der Waals surface area contributed by atoms with E-state index in [9.17, 15) is 14.4 Å². The predicted octanol–water partition coefficient (Wildman–Crippen LogP) is 1.72. The first-order valence-electron chi connectivity index (χ1n) is 7.92. The van der Waals surface area contributed by atoms with Gasteiger partial charge in [0.1, 0.15) is 5.70 Å². The minimum Gasteiger partial charge on any atom is -0.493 e. The van der Waals surface area contributed by atoms with Crippen molar-refractivity contribution in [1.29, 1.82) is 0 Å². The molecule has 2 rings (SSSR count). The van der Waals surface area contributed by atoms with E-state index in [-0.39, 0.29) is 25.5 Å². The second-order valence-electron chi connectivity index (χ2n) is 5.20. The van der Waals surface area contributed by atoms with Crippen LogP contribution in [-0.4, -0.2) is 49.7 Å². The molecule has 1 aromatic rings. The fraction of sp³-hybridized carbons (Fsp3) is 0.278. The third-order valence-electron chi connectivity index (χ3n) is 3.42. The van der Waals surface area contributed by atoms with Crippen LogP contribution in [0.15, 0.2) is 36.6 Å². The summed E-state index contributed by atoms with van der Waals surface area (Å²) in [5, 5.41) is 2.51. The lowest BCUT2D eigenvalue weighted by molar-refractivity contribution is -0.145. The number of imide groups is 1. The van der Waals surface area contributed by atoms with Gasteiger partial charge in [-0.2, -0.15) is 0 Å². The second kappa shape index (κ2) is 8.70. The molecule has 0 aromatic heterocycles. The second-order valence-corrected chi connectivity index (χ2v) is 5.20. The van der Waals surface area contributed by atoms with Crippen LogP contribution in [0, 0.1) is 0 Å². The third-order valence-corrected chi connectivity index (χ3v) is 3.42. The summed E-state index contributed by atoms with van der Waals surface area (Å²) in [5.74, 6) is -0.181. The van der Waals surface area contributed by atoms with E-state index >= 15 is 0 Å². The molecule has 1 saturated heterocycles. The zero-order valence-electron chi connectivity index (χ0n) is 14.6. The number of nitrogens with zero attached hydrogens (tertiary/aromatic N) is 1. The number of methoxy groups -OCH3 is 1. The van der Waals surface area contributed by atoms with Crippen molar-refractivity contribution in [3.8, 4) is 11.5 Å². The van der Waals surface area contributed by atoms with Gasteiger partial charge >= 0.3 is 12.0 Å². The van der Waals surface area contributed by atoms with Crippen LogP contribution in [0.3, 0.4) is 0 Å². The van der Waals surface area contributed by atoms with Crippen molar-refractivity contribution >= 4 is 24.0 Å². The Kier molecular flexibility index (Phi) is 6.37. The van der Waals surface area contributed by atoms with E-state index in [1.807, 2.05) is 0 Å². The van der Waals surface area contributed by atoms with Crippen LogP contribution in [0.5, 0.6) is 11.5 Å². The first-order valence-corrected chi connectivity index (χ1v) is 7.92. The summed E-state index contributed by atoms with van der Waals surface area (Å²) in [6, 6.07) is 4.41. The van der Waals surface area contributed by atoms with E-state index in [4.69, 9.17) is 14.2 Å². The number of hydrogen-bond acceptors (Lipinski definition) is 6. The summed E-state index contributed by atoms with van der Waals surface area (Å²) in [5.41, 5.74) is 0.772. The van der Waals surface area contributed by atoms with Crippen molar-refractivity contribution < 1.29 is 28.6 Å². The number of rotatable bonds is 8. The fourth-order valence-electron chi connectivity index (χ4n) is 2.27. The Labute approximate surface area is 151 Å². The molecule has 26 heavy (non-hydrogen) atoms. The molecule has 0 atom stereocenters. The van der Waals surface area contributed by atoms with Crippen molar-refractivity contribution in [3.63, 3.8) is 0 Å². The van der Waals surface area contributed by atoms with Gasteiger partial charge in [0, 0.05) is 6.54 Å². The first-order chi connectivity index (χ1) is 12.5. The van der Waals surface area contributed by atoms with Crippen LogP contribution in [0.2, 0.25) is 0 Å². The molecule has 138 valence electrons. The lowest BCUT2D eigenvalue weighted by atomic mass is 10.1. The van der Waals surface area contributed by atoms with Crippen LogP contribution < -0.4 is 14.8 Å². The van der Waals surface area contributed by atoms with Gasteiger partial charge in [-0.05, 0) is 30.7 Å². The molecule has 8 nitrogen and oxygen atoms in total. The smallest absolute Gasteiger partial charge is 0.344 e. The number of esters is 1. The molecular formula is C18H20N2O6. The molecule has 3 amide bonds. The minimum absolute atomic E-state index is 0.131. The quantitative estimate of drug-likeness (QED) is 0.328. The summed E-state index contributed by atoms with van der Waals surface area (Å²) in [6.45, 7) is 5.39. The first kappa shape index (κ1) is 19.0. The van der Waals surface area contributed by atoms with Crippen molar-refractivity contribution in [1.82, 2.24) is 10.2 Å². The normalized spacial score (nSPS) is 15.0. The van der Waals surface area contributed by atoms with Crippen molar-refractivity contribution in [2.75, 3.05) is 26.9 Å². The van der Waals surface area contributed by atoms with E-state index in [0.717, 1.165) is 4.90 Å². The van der Waals surface area contributed by atoms with Crippen LogP contribution in [0.1, 0.15) is 12.5 Å². The largest absolute Gasteiger partial charge is 0.493 e. The molecule has 0 saturated carbocycles. The van der Waals surface area contributed by atoms with Gasteiger partial charge in [-0.25, -0.2) is 9.59 Å². The summed E-state index contributed by atoms with van der Waals surface area (Å²) < 4.78 is 15.4. The number of carbonyl (C=O) groups is 3. The average Bonchev–Trinajstić information content (AvgIpc) is 2.88. The average molecular weight is 360 g/mol. The third kappa shape index (κ3) is 4.41. The monoisotopic (exact) mass is 360 g/mol. The van der Waals surface area contributed by atoms with Gasteiger partial charge in [0.2, 0.25) is 0 Å². The van der Waals surface area contributed by atoms with Crippen LogP contribution in [0.25, 0.3) is 6.08 Å². The Hall–Kier alpha value is -3.29. The number of amides is 3. The standard InChI is InChI=1S/C18H20N2O6/c1-4-8-20-17(22)13(19-18(20)23)9-12-6-7-14(15(10-12)24-3)26-11-16(21)25-5-2/h4,6-7,9-10H,1,5,8,11H2,2-3H3,(H,19,23)/b13-9+. The van der Waals surface area contributed by atoms with Gasteiger partial charge < -0.3 is 19.5 Å². The summed E-state index contributed by atoms with van der Waals surface area (Å²) in [7, 11) is 1.46. The maximum absolute atomic E-state index is 12.2. The Morgan fingerprint density at radius 3 is 2.73 bits per heavy atom. The minimum atomic E-state index is -0.498. The van der Waals surface area contributed by atoms with Gasteiger partial charge in [-0.1, -0.05) is 12.1 Å².